The first-order valence-corrected chi connectivity index (χ1v) is 12.9. The van der Waals surface area contributed by atoms with E-state index in [-0.39, 0.29) is 23.5 Å². The van der Waals surface area contributed by atoms with Crippen LogP contribution in [0.25, 0.3) is 11.3 Å². The SMILES string of the molecule is CN(CCCc1cc(-c2ccccc2)no1)C(=O)c1ccc(S(=O)(=O)NCC2CCCO2)cc1. The largest absolute Gasteiger partial charge is 0.377 e. The van der Waals surface area contributed by atoms with E-state index in [9.17, 15) is 13.2 Å². The van der Waals surface area contributed by atoms with Crippen LogP contribution in [0, 0.1) is 0 Å². The average molecular weight is 484 g/mol. The summed E-state index contributed by atoms with van der Waals surface area (Å²) in [5.74, 6) is 0.601. The van der Waals surface area contributed by atoms with Crippen molar-refractivity contribution in [3.63, 3.8) is 0 Å². The number of rotatable bonds is 10. The molecule has 1 aliphatic rings. The number of carbonyl (C=O) groups excluding carboxylic acids is 1. The van der Waals surface area contributed by atoms with Gasteiger partial charge in [0.05, 0.1) is 11.0 Å². The highest BCUT2D eigenvalue weighted by Gasteiger charge is 2.21. The van der Waals surface area contributed by atoms with E-state index in [1.54, 1.807) is 24.1 Å². The summed E-state index contributed by atoms with van der Waals surface area (Å²) in [4.78, 5) is 14.5. The summed E-state index contributed by atoms with van der Waals surface area (Å²) in [7, 11) is -1.92. The lowest BCUT2D eigenvalue weighted by Crippen LogP contribution is -2.32. The summed E-state index contributed by atoms with van der Waals surface area (Å²) in [6.45, 7) is 1.46. The smallest absolute Gasteiger partial charge is 0.253 e. The second kappa shape index (κ2) is 10.9. The number of nitrogens with one attached hydrogen (secondary N) is 1. The van der Waals surface area contributed by atoms with Crippen LogP contribution < -0.4 is 4.72 Å². The summed E-state index contributed by atoms with van der Waals surface area (Å²) >= 11 is 0. The Morgan fingerprint density at radius 2 is 1.91 bits per heavy atom. The number of aromatic nitrogens is 1. The van der Waals surface area contributed by atoms with Crippen molar-refractivity contribution in [1.29, 1.82) is 0 Å². The zero-order chi connectivity index (χ0) is 24.0. The van der Waals surface area contributed by atoms with Crippen LogP contribution in [0.2, 0.25) is 0 Å². The molecule has 2 heterocycles. The molecule has 4 rings (SSSR count). The first-order chi connectivity index (χ1) is 16.4. The minimum absolute atomic E-state index is 0.0776. The Bertz CT molecular complexity index is 1190. The van der Waals surface area contributed by atoms with Gasteiger partial charge in [0, 0.05) is 50.4 Å². The third-order valence-corrected chi connectivity index (χ3v) is 7.27. The lowest BCUT2D eigenvalue weighted by molar-refractivity contribution is 0.0792. The van der Waals surface area contributed by atoms with Gasteiger partial charge in [0.25, 0.3) is 5.91 Å². The standard InChI is InChI=1S/C25H29N3O5S/c1-28(15-5-9-21-17-24(27-33-21)19-7-3-2-4-8-19)25(29)20-11-13-23(14-12-20)34(30,31)26-18-22-10-6-16-32-22/h2-4,7-8,11-14,17,22,26H,5-6,9-10,15-16,18H2,1H3. The highest BCUT2D eigenvalue weighted by molar-refractivity contribution is 7.89. The first kappa shape index (κ1) is 24.1. The van der Waals surface area contributed by atoms with Gasteiger partial charge in [-0.3, -0.25) is 4.79 Å². The van der Waals surface area contributed by atoms with Gasteiger partial charge in [-0.25, -0.2) is 13.1 Å². The van der Waals surface area contributed by atoms with Gasteiger partial charge in [0.1, 0.15) is 11.5 Å². The van der Waals surface area contributed by atoms with Crippen molar-refractivity contribution < 1.29 is 22.5 Å². The monoisotopic (exact) mass is 483 g/mol. The molecule has 9 heteroatoms. The Morgan fingerprint density at radius 3 is 2.62 bits per heavy atom. The van der Waals surface area contributed by atoms with E-state index in [1.807, 2.05) is 36.4 Å². The number of nitrogens with zero attached hydrogens (tertiary/aromatic N) is 2. The number of aryl methyl sites for hydroxylation is 1. The Morgan fingerprint density at radius 1 is 1.15 bits per heavy atom. The van der Waals surface area contributed by atoms with E-state index in [0.29, 0.717) is 31.6 Å². The summed E-state index contributed by atoms with van der Waals surface area (Å²) in [5, 5.41) is 4.11. The topological polar surface area (TPSA) is 102 Å². The molecule has 2 aromatic carbocycles. The van der Waals surface area contributed by atoms with Crippen LogP contribution in [0.3, 0.4) is 0 Å². The van der Waals surface area contributed by atoms with Crippen LogP contribution >= 0.6 is 0 Å². The van der Waals surface area contributed by atoms with E-state index >= 15 is 0 Å². The minimum Gasteiger partial charge on any atom is -0.377 e. The number of benzene rings is 2. The number of sulfonamides is 1. The van der Waals surface area contributed by atoms with Gasteiger partial charge in [-0.15, -0.1) is 0 Å². The highest BCUT2D eigenvalue weighted by atomic mass is 32.2. The fourth-order valence-electron chi connectivity index (χ4n) is 3.86. The number of ether oxygens (including phenoxy) is 1. The molecule has 0 bridgehead atoms. The molecule has 34 heavy (non-hydrogen) atoms. The molecule has 0 spiro atoms. The maximum absolute atomic E-state index is 12.7. The maximum Gasteiger partial charge on any atom is 0.253 e. The molecular weight excluding hydrogens is 454 g/mol. The van der Waals surface area contributed by atoms with Crippen LogP contribution in [0.15, 0.2) is 70.1 Å². The molecule has 1 amide bonds. The van der Waals surface area contributed by atoms with E-state index in [4.69, 9.17) is 9.26 Å². The van der Waals surface area contributed by atoms with Gasteiger partial charge in [0.15, 0.2) is 0 Å². The Kier molecular flexibility index (Phi) is 7.77. The molecule has 3 aromatic rings. The Labute approximate surface area is 200 Å². The van der Waals surface area contributed by atoms with Gasteiger partial charge in [-0.2, -0.15) is 0 Å². The van der Waals surface area contributed by atoms with Crippen molar-refractivity contribution in [3.05, 3.63) is 72.0 Å². The number of amides is 1. The van der Waals surface area contributed by atoms with Crippen LogP contribution in [-0.4, -0.2) is 57.2 Å². The third-order valence-electron chi connectivity index (χ3n) is 5.83. The molecule has 8 nitrogen and oxygen atoms in total. The minimum atomic E-state index is -3.64. The average Bonchev–Trinajstić information content (AvgIpc) is 3.55. The second-order valence-electron chi connectivity index (χ2n) is 8.39. The molecular formula is C25H29N3O5S. The van der Waals surface area contributed by atoms with E-state index < -0.39 is 10.0 Å². The van der Waals surface area contributed by atoms with E-state index in [2.05, 4.69) is 9.88 Å². The van der Waals surface area contributed by atoms with Gasteiger partial charge < -0.3 is 14.2 Å². The molecule has 0 aliphatic carbocycles. The molecule has 0 saturated carbocycles. The Balaban J connectivity index is 1.26. The second-order valence-corrected chi connectivity index (χ2v) is 10.2. The molecule has 1 aromatic heterocycles. The first-order valence-electron chi connectivity index (χ1n) is 11.4. The molecule has 1 N–H and O–H groups in total. The zero-order valence-electron chi connectivity index (χ0n) is 19.1. The van der Waals surface area contributed by atoms with Crippen molar-refractivity contribution in [2.24, 2.45) is 0 Å². The summed E-state index contributed by atoms with van der Waals surface area (Å²) in [5.41, 5.74) is 2.23. The van der Waals surface area contributed by atoms with Gasteiger partial charge in [0.2, 0.25) is 10.0 Å². The molecule has 0 radical (unpaired) electrons. The van der Waals surface area contributed by atoms with Crippen molar-refractivity contribution in [3.8, 4) is 11.3 Å². The number of carbonyl (C=O) groups is 1. The van der Waals surface area contributed by atoms with Gasteiger partial charge in [-0.1, -0.05) is 35.5 Å². The number of hydrogen-bond acceptors (Lipinski definition) is 6. The van der Waals surface area contributed by atoms with Crippen molar-refractivity contribution in [1.82, 2.24) is 14.8 Å². The van der Waals surface area contributed by atoms with Crippen molar-refractivity contribution in [2.75, 3.05) is 26.7 Å². The quantitative estimate of drug-likeness (QED) is 0.474. The van der Waals surface area contributed by atoms with Crippen LogP contribution in [0.4, 0.5) is 0 Å². The molecule has 1 unspecified atom stereocenters. The third kappa shape index (κ3) is 6.11. The molecule has 180 valence electrons. The zero-order valence-corrected chi connectivity index (χ0v) is 20.0. The Hall–Kier alpha value is -3.01. The van der Waals surface area contributed by atoms with Gasteiger partial charge >= 0.3 is 0 Å². The molecule has 1 saturated heterocycles. The summed E-state index contributed by atoms with van der Waals surface area (Å²) in [6, 6.07) is 17.7. The molecule has 1 aliphatic heterocycles. The predicted molar refractivity (Wildman–Crippen MR) is 128 cm³/mol. The summed E-state index contributed by atoms with van der Waals surface area (Å²) < 4.78 is 38.5. The normalized spacial score (nSPS) is 16.0. The van der Waals surface area contributed by atoms with Crippen LogP contribution in [-0.2, 0) is 21.2 Å². The van der Waals surface area contributed by atoms with Crippen LogP contribution in [0.5, 0.6) is 0 Å². The molecule has 1 fully saturated rings. The van der Waals surface area contributed by atoms with E-state index in [0.717, 1.165) is 29.9 Å². The fourth-order valence-corrected chi connectivity index (χ4v) is 4.92. The fraction of sp³-hybridized carbons (Fsp3) is 0.360. The molecule has 1 atom stereocenters. The highest BCUT2D eigenvalue weighted by Crippen LogP contribution is 2.19. The van der Waals surface area contributed by atoms with E-state index in [1.165, 1.54) is 12.1 Å². The predicted octanol–water partition coefficient (Wildman–Crippen LogP) is 3.50. The maximum atomic E-state index is 12.7. The summed E-state index contributed by atoms with van der Waals surface area (Å²) in [6.07, 6.45) is 3.10. The number of hydrogen-bond donors (Lipinski definition) is 1. The van der Waals surface area contributed by atoms with Crippen molar-refractivity contribution in [2.45, 2.75) is 36.7 Å². The van der Waals surface area contributed by atoms with Crippen LogP contribution in [0.1, 0.15) is 35.4 Å². The van der Waals surface area contributed by atoms with Crippen molar-refractivity contribution >= 4 is 15.9 Å². The van der Waals surface area contributed by atoms with Gasteiger partial charge in [-0.05, 0) is 43.5 Å². The lowest BCUT2D eigenvalue weighted by Gasteiger charge is -2.17. The lowest BCUT2D eigenvalue weighted by atomic mass is 10.1.